The Labute approximate surface area is 176 Å². The Morgan fingerprint density at radius 3 is 2.73 bits per heavy atom. The molecule has 3 aliphatic rings. The number of carbonyl (C=O) groups is 1. The van der Waals surface area contributed by atoms with Gasteiger partial charge in [0.1, 0.15) is 0 Å². The second kappa shape index (κ2) is 7.28. The maximum atomic E-state index is 12.7. The molecule has 5 rings (SSSR count). The molecule has 1 aromatic heterocycles. The van der Waals surface area contributed by atoms with Gasteiger partial charge in [0, 0.05) is 49.4 Å². The van der Waals surface area contributed by atoms with Gasteiger partial charge in [0.2, 0.25) is 5.91 Å². The standard InChI is InChI=1S/C22H26N4O3S/c27-21(7-11-23-17-8-15-30(28,29)16-17)25-13-9-22(10-14-25)20-6-3-12-26(20)19-5-2-1-4-18(19)24-22/h1-6,8,12,15,17,23-24H,7,9-11,13-14,16H2/t17-/m1/s1. The van der Waals surface area contributed by atoms with E-state index in [0.29, 0.717) is 26.1 Å². The van der Waals surface area contributed by atoms with Gasteiger partial charge in [-0.05, 0) is 37.1 Å². The van der Waals surface area contributed by atoms with Gasteiger partial charge < -0.3 is 20.1 Å². The number of sulfone groups is 1. The molecule has 7 nitrogen and oxygen atoms in total. The molecule has 0 saturated carbocycles. The first-order chi connectivity index (χ1) is 14.5. The number of hydrogen-bond acceptors (Lipinski definition) is 5. The van der Waals surface area contributed by atoms with Crippen LogP contribution in [0, 0.1) is 0 Å². The predicted octanol–water partition coefficient (Wildman–Crippen LogP) is 2.01. The Balaban J connectivity index is 1.20. The van der Waals surface area contributed by atoms with Crippen molar-refractivity contribution in [2.75, 3.05) is 30.7 Å². The number of carbonyl (C=O) groups excluding carboxylic acids is 1. The first kappa shape index (κ1) is 19.4. The molecular formula is C22H26N4O3S. The molecule has 2 N–H and O–H groups in total. The molecule has 1 saturated heterocycles. The minimum atomic E-state index is -3.07. The summed E-state index contributed by atoms with van der Waals surface area (Å²) in [6.45, 7) is 1.90. The molecule has 1 aromatic carbocycles. The summed E-state index contributed by atoms with van der Waals surface area (Å²) in [7, 11) is -3.07. The van der Waals surface area contributed by atoms with Gasteiger partial charge >= 0.3 is 0 Å². The predicted molar refractivity (Wildman–Crippen MR) is 116 cm³/mol. The van der Waals surface area contributed by atoms with Crippen molar-refractivity contribution in [1.82, 2.24) is 14.8 Å². The van der Waals surface area contributed by atoms with Crippen molar-refractivity contribution in [3.63, 3.8) is 0 Å². The van der Waals surface area contributed by atoms with Gasteiger partial charge in [-0.1, -0.05) is 18.2 Å². The first-order valence-corrected chi connectivity index (χ1v) is 12.1. The number of piperidine rings is 1. The van der Waals surface area contributed by atoms with E-state index in [1.165, 1.54) is 11.1 Å². The number of benzene rings is 1. The van der Waals surface area contributed by atoms with E-state index in [2.05, 4.69) is 45.7 Å². The van der Waals surface area contributed by atoms with Gasteiger partial charge in [0.15, 0.2) is 9.84 Å². The quantitative estimate of drug-likeness (QED) is 0.782. The van der Waals surface area contributed by atoms with Crippen LogP contribution in [0.25, 0.3) is 5.69 Å². The lowest BCUT2D eigenvalue weighted by atomic mass is 9.82. The fourth-order valence-electron chi connectivity index (χ4n) is 4.84. The number of likely N-dealkylation sites (tertiary alicyclic amines) is 1. The smallest absolute Gasteiger partial charge is 0.223 e. The summed E-state index contributed by atoms with van der Waals surface area (Å²) < 4.78 is 25.2. The highest BCUT2D eigenvalue weighted by Gasteiger charge is 2.42. The molecule has 1 spiro atoms. The number of hydrogen-bond donors (Lipinski definition) is 2. The first-order valence-electron chi connectivity index (χ1n) is 10.4. The van der Waals surface area contributed by atoms with Gasteiger partial charge in [0.25, 0.3) is 0 Å². The highest BCUT2D eigenvalue weighted by atomic mass is 32.2. The molecule has 0 unspecified atom stereocenters. The van der Waals surface area contributed by atoms with Crippen molar-refractivity contribution >= 4 is 21.4 Å². The van der Waals surface area contributed by atoms with Crippen molar-refractivity contribution in [1.29, 1.82) is 0 Å². The van der Waals surface area contributed by atoms with Crippen molar-refractivity contribution < 1.29 is 13.2 Å². The van der Waals surface area contributed by atoms with E-state index in [9.17, 15) is 13.2 Å². The topological polar surface area (TPSA) is 83.4 Å². The summed E-state index contributed by atoms with van der Waals surface area (Å²) in [5.41, 5.74) is 3.39. The molecule has 0 radical (unpaired) electrons. The fraction of sp³-hybridized carbons (Fsp3) is 0.409. The van der Waals surface area contributed by atoms with E-state index in [-0.39, 0.29) is 23.2 Å². The van der Waals surface area contributed by atoms with Gasteiger partial charge in [-0.25, -0.2) is 8.42 Å². The van der Waals surface area contributed by atoms with E-state index < -0.39 is 9.84 Å². The molecule has 0 aliphatic carbocycles. The zero-order valence-corrected chi connectivity index (χ0v) is 17.6. The van der Waals surface area contributed by atoms with Gasteiger partial charge in [0.05, 0.1) is 22.7 Å². The monoisotopic (exact) mass is 426 g/mol. The molecule has 3 aliphatic heterocycles. The third-order valence-corrected chi connectivity index (χ3v) is 7.82. The number of anilines is 1. The lowest BCUT2D eigenvalue weighted by Crippen LogP contribution is -2.51. The number of nitrogens with zero attached hydrogens (tertiary/aromatic N) is 2. The minimum Gasteiger partial charge on any atom is -0.372 e. The lowest BCUT2D eigenvalue weighted by molar-refractivity contribution is -0.132. The van der Waals surface area contributed by atoms with Gasteiger partial charge in [-0.2, -0.15) is 0 Å². The Morgan fingerprint density at radius 1 is 1.17 bits per heavy atom. The molecule has 2 aromatic rings. The van der Waals surface area contributed by atoms with Crippen molar-refractivity contribution in [3.8, 4) is 5.69 Å². The summed E-state index contributed by atoms with van der Waals surface area (Å²) in [4.78, 5) is 14.6. The van der Waals surface area contributed by atoms with Crippen LogP contribution in [0.5, 0.6) is 0 Å². The molecule has 1 fully saturated rings. The van der Waals surface area contributed by atoms with Gasteiger partial charge in [-0.3, -0.25) is 4.79 Å². The summed E-state index contributed by atoms with van der Waals surface area (Å²) in [6.07, 6.45) is 5.86. The SMILES string of the molecule is O=C(CCN[C@@H]1C=CS(=O)(=O)C1)N1CCC2(CC1)Nc1ccccc1-n1cccc12. The summed E-state index contributed by atoms with van der Waals surface area (Å²) in [5.74, 6) is 0.203. The van der Waals surface area contributed by atoms with Crippen LogP contribution in [0.3, 0.4) is 0 Å². The number of amides is 1. The molecular weight excluding hydrogens is 400 g/mol. The van der Waals surface area contributed by atoms with E-state index in [1.54, 1.807) is 6.08 Å². The average molecular weight is 427 g/mol. The van der Waals surface area contributed by atoms with Crippen molar-refractivity contribution in [2.45, 2.75) is 30.8 Å². The maximum absolute atomic E-state index is 12.7. The second-order valence-corrected chi connectivity index (χ2v) is 10.3. The van der Waals surface area contributed by atoms with Crippen LogP contribution in [0.4, 0.5) is 5.69 Å². The molecule has 8 heteroatoms. The van der Waals surface area contributed by atoms with Crippen LogP contribution >= 0.6 is 0 Å². The second-order valence-electron chi connectivity index (χ2n) is 8.34. The van der Waals surface area contributed by atoms with Crippen LogP contribution in [-0.2, 0) is 20.2 Å². The normalized spacial score (nSPS) is 23.1. The van der Waals surface area contributed by atoms with Crippen LogP contribution < -0.4 is 10.6 Å². The third-order valence-electron chi connectivity index (χ3n) is 6.42. The summed E-state index contributed by atoms with van der Waals surface area (Å²) in [6, 6.07) is 12.4. The average Bonchev–Trinajstić information content (AvgIpc) is 3.36. The fourth-order valence-corrected chi connectivity index (χ4v) is 6.11. The number of para-hydroxylation sites is 2. The Bertz CT molecular complexity index is 1100. The third kappa shape index (κ3) is 3.44. The number of nitrogens with one attached hydrogen (secondary N) is 2. The molecule has 1 atom stereocenters. The van der Waals surface area contributed by atoms with Crippen molar-refractivity contribution in [2.24, 2.45) is 0 Å². The number of fused-ring (bicyclic) bond motifs is 4. The van der Waals surface area contributed by atoms with Gasteiger partial charge in [-0.15, -0.1) is 0 Å². The molecule has 1 amide bonds. The highest BCUT2D eigenvalue weighted by molar-refractivity contribution is 7.94. The highest BCUT2D eigenvalue weighted by Crippen LogP contribution is 2.43. The summed E-state index contributed by atoms with van der Waals surface area (Å²) >= 11 is 0. The van der Waals surface area contributed by atoms with E-state index in [4.69, 9.17) is 0 Å². The Hall–Kier alpha value is -2.58. The zero-order valence-electron chi connectivity index (χ0n) is 16.8. The molecule has 158 valence electrons. The maximum Gasteiger partial charge on any atom is 0.223 e. The van der Waals surface area contributed by atoms with Crippen LogP contribution in [0.2, 0.25) is 0 Å². The molecule has 0 bridgehead atoms. The van der Waals surface area contributed by atoms with Crippen LogP contribution in [0.1, 0.15) is 25.0 Å². The number of rotatable bonds is 4. The van der Waals surface area contributed by atoms with E-state index in [1.807, 2.05) is 17.0 Å². The molecule has 4 heterocycles. The largest absolute Gasteiger partial charge is 0.372 e. The molecule has 30 heavy (non-hydrogen) atoms. The van der Waals surface area contributed by atoms with Crippen molar-refractivity contribution in [3.05, 3.63) is 59.8 Å². The van der Waals surface area contributed by atoms with E-state index in [0.717, 1.165) is 24.2 Å². The minimum absolute atomic E-state index is 0.0835. The lowest BCUT2D eigenvalue weighted by Gasteiger charge is -2.46. The Kier molecular flexibility index (Phi) is 4.71. The van der Waals surface area contributed by atoms with Crippen LogP contribution in [-0.4, -0.2) is 55.2 Å². The number of aromatic nitrogens is 1. The summed E-state index contributed by atoms with van der Waals surface area (Å²) in [5, 5.41) is 8.17. The van der Waals surface area contributed by atoms with Crippen LogP contribution in [0.15, 0.2) is 54.1 Å². The Morgan fingerprint density at radius 2 is 1.97 bits per heavy atom. The zero-order chi connectivity index (χ0) is 20.8. The van der Waals surface area contributed by atoms with E-state index >= 15 is 0 Å².